The minimum atomic E-state index is -0.275. The molecule has 2 N–H and O–H groups in total. The molecule has 3 heterocycles. The minimum Gasteiger partial charge on any atom is -0.450 e. The summed E-state index contributed by atoms with van der Waals surface area (Å²) in [6, 6.07) is 11.8. The molecule has 0 spiro atoms. The summed E-state index contributed by atoms with van der Waals surface area (Å²) in [4.78, 5) is 30.9. The molecule has 9 heteroatoms. The van der Waals surface area contributed by atoms with Gasteiger partial charge in [-0.15, -0.1) is 12.4 Å². The van der Waals surface area contributed by atoms with E-state index in [1.807, 2.05) is 41.8 Å². The van der Waals surface area contributed by atoms with E-state index in [0.29, 0.717) is 43.4 Å². The van der Waals surface area contributed by atoms with Crippen LogP contribution >= 0.6 is 12.4 Å². The van der Waals surface area contributed by atoms with Crippen molar-refractivity contribution < 1.29 is 14.3 Å². The van der Waals surface area contributed by atoms with E-state index in [1.165, 1.54) is 0 Å². The van der Waals surface area contributed by atoms with E-state index in [0.717, 1.165) is 22.9 Å². The van der Waals surface area contributed by atoms with Crippen molar-refractivity contribution >= 4 is 46.8 Å². The molecule has 4 rings (SSSR count). The number of carbonyl (C=O) groups is 2. The van der Waals surface area contributed by atoms with Gasteiger partial charge in [0.05, 0.1) is 18.5 Å². The van der Waals surface area contributed by atoms with Crippen molar-refractivity contribution in [2.75, 3.05) is 30.3 Å². The highest BCUT2D eigenvalue weighted by atomic mass is 35.5. The normalized spacial score (nSPS) is 15.2. The van der Waals surface area contributed by atoms with Crippen molar-refractivity contribution in [3.8, 4) is 0 Å². The number of ether oxygens (including phenoxy) is 1. The number of halogens is 1. The number of anilines is 2. The zero-order valence-corrected chi connectivity index (χ0v) is 19.9. The largest absolute Gasteiger partial charge is 0.450 e. The monoisotopic (exact) mass is 471 g/mol. The Kier molecular flexibility index (Phi) is 7.81. The maximum Gasteiger partial charge on any atom is 0.409 e. The topological polar surface area (TPSA) is 88.5 Å². The third-order valence-electron chi connectivity index (χ3n) is 5.80. The molecule has 1 saturated heterocycles. The molecule has 0 bridgehead atoms. The fraction of sp³-hybridized carbons (Fsp3) is 0.375. The lowest BCUT2D eigenvalue weighted by Crippen LogP contribution is -2.32. The third kappa shape index (κ3) is 5.22. The van der Waals surface area contributed by atoms with Gasteiger partial charge in [-0.1, -0.05) is 12.1 Å². The van der Waals surface area contributed by atoms with Gasteiger partial charge in [0, 0.05) is 36.6 Å². The average Bonchev–Trinajstić information content (AvgIpc) is 3.40. The van der Waals surface area contributed by atoms with E-state index < -0.39 is 0 Å². The fourth-order valence-corrected chi connectivity index (χ4v) is 4.18. The van der Waals surface area contributed by atoms with Crippen LogP contribution in [0.5, 0.6) is 0 Å². The molecular formula is C24H30ClN5O3. The third-order valence-corrected chi connectivity index (χ3v) is 5.80. The molecule has 1 atom stereocenters. The summed E-state index contributed by atoms with van der Waals surface area (Å²) < 4.78 is 7.08. The first-order chi connectivity index (χ1) is 15.5. The van der Waals surface area contributed by atoms with E-state index >= 15 is 0 Å². The van der Waals surface area contributed by atoms with E-state index in [2.05, 4.69) is 28.6 Å². The number of nitrogens with one attached hydrogen (secondary N) is 2. The van der Waals surface area contributed by atoms with Crippen molar-refractivity contribution in [3.63, 3.8) is 0 Å². The van der Waals surface area contributed by atoms with Gasteiger partial charge >= 0.3 is 6.09 Å². The SMILES string of the molecule is CCOC(=O)N1CCC(Nc2ccc(NC(=O)c3cc4c(C)cccc4n3CC)cn2)C1.Cl. The molecule has 3 aromatic rings. The highest BCUT2D eigenvalue weighted by Crippen LogP contribution is 2.24. The number of nitrogens with zero attached hydrogens (tertiary/aromatic N) is 3. The summed E-state index contributed by atoms with van der Waals surface area (Å²) in [5, 5.41) is 7.38. The van der Waals surface area contributed by atoms with Crippen LogP contribution in [0.2, 0.25) is 0 Å². The molecule has 33 heavy (non-hydrogen) atoms. The number of hydrogen-bond acceptors (Lipinski definition) is 5. The number of aryl methyl sites for hydroxylation is 2. The van der Waals surface area contributed by atoms with Gasteiger partial charge in [-0.3, -0.25) is 4.79 Å². The molecule has 2 amide bonds. The van der Waals surface area contributed by atoms with Crippen molar-refractivity contribution in [2.24, 2.45) is 0 Å². The number of hydrogen-bond donors (Lipinski definition) is 2. The smallest absolute Gasteiger partial charge is 0.409 e. The number of fused-ring (bicyclic) bond motifs is 1. The molecule has 1 fully saturated rings. The summed E-state index contributed by atoms with van der Waals surface area (Å²) in [5.41, 5.74) is 3.46. The quantitative estimate of drug-likeness (QED) is 0.544. The minimum absolute atomic E-state index is 0. The Morgan fingerprint density at radius 2 is 2.03 bits per heavy atom. The molecule has 0 saturated carbocycles. The van der Waals surface area contributed by atoms with Crippen LogP contribution in [-0.2, 0) is 11.3 Å². The summed E-state index contributed by atoms with van der Waals surface area (Å²) in [6.45, 7) is 8.22. The molecule has 0 radical (unpaired) electrons. The molecule has 1 unspecified atom stereocenters. The summed E-state index contributed by atoms with van der Waals surface area (Å²) in [7, 11) is 0. The summed E-state index contributed by atoms with van der Waals surface area (Å²) in [5.74, 6) is 0.544. The summed E-state index contributed by atoms with van der Waals surface area (Å²) in [6.07, 6.45) is 2.20. The lowest BCUT2D eigenvalue weighted by molar-refractivity contribution is 0.101. The van der Waals surface area contributed by atoms with E-state index in [4.69, 9.17) is 4.74 Å². The van der Waals surface area contributed by atoms with Crippen molar-refractivity contribution in [2.45, 2.75) is 39.8 Å². The number of carbonyl (C=O) groups excluding carboxylic acids is 2. The first kappa shape index (κ1) is 24.4. The molecule has 0 aliphatic carbocycles. The number of likely N-dealkylation sites (tertiary alicyclic amines) is 1. The number of amides is 2. The maximum atomic E-state index is 13.0. The molecule has 8 nitrogen and oxygen atoms in total. The molecule has 1 aliphatic rings. The highest BCUT2D eigenvalue weighted by Gasteiger charge is 2.27. The lowest BCUT2D eigenvalue weighted by Gasteiger charge is -2.16. The Morgan fingerprint density at radius 1 is 1.21 bits per heavy atom. The Balaban J connectivity index is 0.00000306. The number of rotatable bonds is 6. The van der Waals surface area contributed by atoms with Gasteiger partial charge in [-0.2, -0.15) is 0 Å². The molecule has 1 aliphatic heterocycles. The second-order valence-electron chi connectivity index (χ2n) is 7.94. The first-order valence-corrected chi connectivity index (χ1v) is 11.0. The molecular weight excluding hydrogens is 442 g/mol. The van der Waals surface area contributed by atoms with E-state index in [1.54, 1.807) is 18.0 Å². The second kappa shape index (κ2) is 10.6. The zero-order valence-electron chi connectivity index (χ0n) is 19.1. The number of benzene rings is 1. The van der Waals surface area contributed by atoms with Gasteiger partial charge in [-0.05, 0) is 57.0 Å². The molecule has 2 aromatic heterocycles. The van der Waals surface area contributed by atoms with Crippen molar-refractivity contribution in [3.05, 3.63) is 53.9 Å². The standard InChI is InChI=1S/C24H29N5O3.ClH/c1-4-29-20-8-6-7-16(3)19(20)13-21(29)23(30)27-17-9-10-22(25-14-17)26-18-11-12-28(15-18)24(31)32-5-2;/h6-10,13-14,18H,4-5,11-12,15H2,1-3H3,(H,25,26)(H,27,30);1H. The Labute approximate surface area is 199 Å². The van der Waals surface area contributed by atoms with Gasteiger partial charge in [0.15, 0.2) is 0 Å². The van der Waals surface area contributed by atoms with Crippen LogP contribution < -0.4 is 10.6 Å². The lowest BCUT2D eigenvalue weighted by atomic mass is 10.1. The van der Waals surface area contributed by atoms with Crippen LogP contribution in [0.3, 0.4) is 0 Å². The Hall–Kier alpha value is -3.26. The highest BCUT2D eigenvalue weighted by molar-refractivity contribution is 6.06. The van der Waals surface area contributed by atoms with Crippen LogP contribution in [0.25, 0.3) is 10.9 Å². The van der Waals surface area contributed by atoms with Crippen molar-refractivity contribution in [1.29, 1.82) is 0 Å². The van der Waals surface area contributed by atoms with E-state index in [9.17, 15) is 9.59 Å². The summed E-state index contributed by atoms with van der Waals surface area (Å²) >= 11 is 0. The van der Waals surface area contributed by atoms with Crippen molar-refractivity contribution in [1.82, 2.24) is 14.5 Å². The second-order valence-corrected chi connectivity index (χ2v) is 7.94. The van der Waals surface area contributed by atoms with Crippen LogP contribution in [0.15, 0.2) is 42.6 Å². The van der Waals surface area contributed by atoms with Gasteiger partial charge in [0.1, 0.15) is 11.5 Å². The number of aromatic nitrogens is 2. The number of pyridine rings is 1. The molecule has 1 aromatic carbocycles. The predicted octanol–water partition coefficient (Wildman–Crippen LogP) is 4.68. The Morgan fingerprint density at radius 3 is 2.73 bits per heavy atom. The first-order valence-electron chi connectivity index (χ1n) is 11.0. The van der Waals surface area contributed by atoms with Gasteiger partial charge in [0.25, 0.3) is 5.91 Å². The zero-order chi connectivity index (χ0) is 22.7. The van der Waals surface area contributed by atoms with Gasteiger partial charge in [0.2, 0.25) is 0 Å². The predicted molar refractivity (Wildman–Crippen MR) is 132 cm³/mol. The average molecular weight is 472 g/mol. The van der Waals surface area contributed by atoms with Crippen LogP contribution in [0.1, 0.15) is 36.3 Å². The van der Waals surface area contributed by atoms with Crippen LogP contribution in [0.4, 0.5) is 16.3 Å². The van der Waals surface area contributed by atoms with Crippen LogP contribution in [0, 0.1) is 6.92 Å². The maximum absolute atomic E-state index is 13.0. The van der Waals surface area contributed by atoms with Crippen LogP contribution in [-0.4, -0.2) is 52.2 Å². The van der Waals surface area contributed by atoms with E-state index in [-0.39, 0.29) is 30.4 Å². The fourth-order valence-electron chi connectivity index (χ4n) is 4.18. The Bertz CT molecular complexity index is 1130. The van der Waals surface area contributed by atoms with Gasteiger partial charge in [-0.25, -0.2) is 9.78 Å². The van der Waals surface area contributed by atoms with Gasteiger partial charge < -0.3 is 24.8 Å². The molecule has 176 valence electrons.